The van der Waals surface area contributed by atoms with Gasteiger partial charge < -0.3 is 26.4 Å². The van der Waals surface area contributed by atoms with Gasteiger partial charge in [0.1, 0.15) is 18.8 Å². The molecule has 0 heterocycles. The highest BCUT2D eigenvalue weighted by Gasteiger charge is 2.39. The molecule has 0 saturated heterocycles. The lowest BCUT2D eigenvalue weighted by molar-refractivity contribution is -0.912. The second kappa shape index (κ2) is 10.4. The molecular weight excluding hydrogens is 346 g/mol. The van der Waals surface area contributed by atoms with E-state index >= 15 is 0 Å². The zero-order valence-corrected chi connectivity index (χ0v) is 16.8. The topological polar surface area (TPSA) is 18.5 Å². The monoisotopic (exact) mass is 375 g/mol. The van der Waals surface area contributed by atoms with Crippen LogP contribution in [0.2, 0.25) is 0 Å². The van der Waals surface area contributed by atoms with E-state index in [1.165, 1.54) is 5.56 Å². The van der Waals surface area contributed by atoms with Crippen molar-refractivity contribution in [1.82, 2.24) is 0 Å². The van der Waals surface area contributed by atoms with E-state index in [0.717, 1.165) is 23.3 Å². The predicted octanol–water partition coefficient (Wildman–Crippen LogP) is 1.65. The van der Waals surface area contributed by atoms with E-state index in [0.29, 0.717) is 13.0 Å². The lowest BCUT2D eigenvalue weighted by Crippen LogP contribution is -3.00. The van der Waals surface area contributed by atoms with Gasteiger partial charge in [-0.2, -0.15) is 0 Å². The third-order valence-electron chi connectivity index (χ3n) is 4.03. The van der Waals surface area contributed by atoms with Gasteiger partial charge in [0, 0.05) is 18.6 Å². The summed E-state index contributed by atoms with van der Waals surface area (Å²) in [5, 5.41) is 0. The number of rotatable bonds is 10. The van der Waals surface area contributed by atoms with Crippen LogP contribution in [0, 0.1) is 0 Å². The van der Waals surface area contributed by atoms with Gasteiger partial charge in [-0.15, -0.1) is 6.58 Å². The van der Waals surface area contributed by atoms with Crippen LogP contribution in [-0.2, 0) is 11.3 Å². The van der Waals surface area contributed by atoms with Gasteiger partial charge >= 0.3 is 0 Å². The van der Waals surface area contributed by atoms with Gasteiger partial charge in [0.2, 0.25) is 0 Å². The zero-order valence-electron chi connectivity index (χ0n) is 16.0. The van der Waals surface area contributed by atoms with E-state index in [9.17, 15) is 0 Å². The van der Waals surface area contributed by atoms with Crippen molar-refractivity contribution in [2.45, 2.75) is 25.7 Å². The largest absolute Gasteiger partial charge is 1.00 e. The van der Waals surface area contributed by atoms with Crippen LogP contribution in [0.1, 0.15) is 18.9 Å². The van der Waals surface area contributed by atoms with Crippen LogP contribution >= 0.6 is 0 Å². The third-order valence-corrected chi connectivity index (χ3v) is 4.03. The molecule has 0 aliphatic carbocycles. The second-order valence-corrected chi connectivity index (χ2v) is 6.99. The summed E-state index contributed by atoms with van der Waals surface area (Å²) in [6.07, 6.45) is 2.51. The summed E-state index contributed by atoms with van der Waals surface area (Å²) < 4.78 is 13.2. The van der Waals surface area contributed by atoms with Crippen LogP contribution < -0.4 is 17.1 Å². The van der Waals surface area contributed by atoms with Crippen molar-refractivity contribution in [3.63, 3.8) is 0 Å². The third kappa shape index (κ3) is 6.83. The normalized spacial score (nSPS) is 13.3. The number of ether oxygens (including phenoxy) is 2. The first-order valence-electron chi connectivity index (χ1n) is 8.83. The molecular formula is C22H30ClNO2. The Labute approximate surface area is 164 Å². The molecule has 142 valence electrons. The highest BCUT2D eigenvalue weighted by molar-refractivity contribution is 5.22. The minimum Gasteiger partial charge on any atom is -1.00 e. The molecule has 1 unspecified atom stereocenters. The first-order valence-corrected chi connectivity index (χ1v) is 8.83. The molecule has 2 aromatic rings. The molecule has 3 nitrogen and oxygen atoms in total. The maximum absolute atomic E-state index is 6.35. The fraction of sp³-hybridized carbons (Fsp3) is 0.364. The summed E-state index contributed by atoms with van der Waals surface area (Å²) >= 11 is 0. The molecule has 0 aliphatic heterocycles. The number of hydrogen-bond acceptors (Lipinski definition) is 2. The maximum Gasteiger partial charge on any atom is 0.263 e. The quantitative estimate of drug-likeness (QED) is 0.357. The lowest BCUT2D eigenvalue weighted by atomic mass is 10.1. The molecule has 0 amide bonds. The van der Waals surface area contributed by atoms with Gasteiger partial charge in [-0.05, 0) is 19.1 Å². The van der Waals surface area contributed by atoms with Gasteiger partial charge in [0.15, 0.2) is 0 Å². The Bertz CT molecular complexity index is 646. The molecule has 4 heteroatoms. The van der Waals surface area contributed by atoms with Gasteiger partial charge in [-0.1, -0.05) is 54.6 Å². The summed E-state index contributed by atoms with van der Waals surface area (Å²) in [5.41, 5.74) is 1.30. The second-order valence-electron chi connectivity index (χ2n) is 6.99. The van der Waals surface area contributed by atoms with Gasteiger partial charge in [0.05, 0.1) is 14.1 Å². The Morgan fingerprint density at radius 1 is 1.00 bits per heavy atom. The summed E-state index contributed by atoms with van der Waals surface area (Å²) in [7, 11) is 4.41. The summed E-state index contributed by atoms with van der Waals surface area (Å²) in [6.45, 7) is 8.14. The number of hydrogen-bond donors (Lipinski definition) is 0. The summed E-state index contributed by atoms with van der Waals surface area (Å²) in [6, 6.07) is 20.4. The van der Waals surface area contributed by atoms with E-state index < -0.39 is 5.79 Å². The smallest absolute Gasteiger partial charge is 0.263 e. The van der Waals surface area contributed by atoms with Crippen molar-refractivity contribution in [2.24, 2.45) is 0 Å². The highest BCUT2D eigenvalue weighted by Crippen LogP contribution is 2.27. The van der Waals surface area contributed by atoms with E-state index in [1.807, 2.05) is 49.4 Å². The fourth-order valence-electron chi connectivity index (χ4n) is 3.24. The fourth-order valence-corrected chi connectivity index (χ4v) is 3.24. The van der Waals surface area contributed by atoms with Crippen molar-refractivity contribution in [3.8, 4) is 5.75 Å². The van der Waals surface area contributed by atoms with Crippen molar-refractivity contribution >= 4 is 0 Å². The average molecular weight is 376 g/mol. The number of halogens is 1. The Kier molecular flexibility index (Phi) is 8.86. The zero-order chi connectivity index (χ0) is 18.2. The minimum absolute atomic E-state index is 0. The van der Waals surface area contributed by atoms with Crippen LogP contribution in [0.4, 0.5) is 0 Å². The molecule has 2 aromatic carbocycles. The number of likely N-dealkylation sites (N-methyl/N-ethyl adjacent to an activating group) is 1. The van der Waals surface area contributed by atoms with Crippen LogP contribution in [0.25, 0.3) is 0 Å². The standard InChI is InChI=1S/C22H30NO2.ClH/c1-5-17-22(24-6-2,25-21-15-11-8-12-16-21)19-23(3,4)18-20-13-9-7-10-14-20;/h5,7-16H,1,6,17-19H2,2-4H3;1H/q+1;/p-1. The SMILES string of the molecule is C=CCC(C[N+](C)(C)Cc1ccccc1)(OCC)Oc1ccccc1.[Cl-]. The molecule has 0 radical (unpaired) electrons. The predicted molar refractivity (Wildman–Crippen MR) is 103 cm³/mol. The molecule has 0 aliphatic rings. The molecule has 0 N–H and O–H groups in total. The van der Waals surface area contributed by atoms with E-state index in [1.54, 1.807) is 0 Å². The Balaban J connectivity index is 0.00000338. The van der Waals surface area contributed by atoms with Crippen molar-refractivity contribution in [1.29, 1.82) is 0 Å². The van der Waals surface area contributed by atoms with Gasteiger partial charge in [-0.3, -0.25) is 0 Å². The van der Waals surface area contributed by atoms with E-state index in [2.05, 4.69) is 44.9 Å². The summed E-state index contributed by atoms with van der Waals surface area (Å²) in [5.74, 6) is 0.0911. The molecule has 0 bridgehead atoms. The Hall–Kier alpha value is -1.81. The van der Waals surface area contributed by atoms with Crippen molar-refractivity contribution in [2.75, 3.05) is 27.2 Å². The van der Waals surface area contributed by atoms with Crippen LogP contribution in [0.5, 0.6) is 5.75 Å². The molecule has 0 aromatic heterocycles. The van der Waals surface area contributed by atoms with Crippen molar-refractivity contribution < 1.29 is 26.4 Å². The number of para-hydroxylation sites is 1. The van der Waals surface area contributed by atoms with Crippen LogP contribution in [0.15, 0.2) is 73.3 Å². The van der Waals surface area contributed by atoms with E-state index in [-0.39, 0.29) is 12.4 Å². The van der Waals surface area contributed by atoms with Crippen molar-refractivity contribution in [3.05, 3.63) is 78.9 Å². The average Bonchev–Trinajstić information content (AvgIpc) is 2.56. The van der Waals surface area contributed by atoms with Crippen LogP contribution in [0.3, 0.4) is 0 Å². The Morgan fingerprint density at radius 2 is 1.58 bits per heavy atom. The first-order chi connectivity index (χ1) is 12.0. The Morgan fingerprint density at radius 3 is 2.12 bits per heavy atom. The van der Waals surface area contributed by atoms with E-state index in [4.69, 9.17) is 9.47 Å². The number of nitrogens with zero attached hydrogens (tertiary/aromatic N) is 1. The highest BCUT2D eigenvalue weighted by atomic mass is 35.5. The molecule has 1 atom stereocenters. The first kappa shape index (κ1) is 22.2. The van der Waals surface area contributed by atoms with Gasteiger partial charge in [-0.25, -0.2) is 0 Å². The number of benzene rings is 2. The number of quaternary nitrogens is 1. The molecule has 2 rings (SSSR count). The lowest BCUT2D eigenvalue weighted by Gasteiger charge is -2.40. The van der Waals surface area contributed by atoms with Gasteiger partial charge in [0.25, 0.3) is 5.79 Å². The maximum atomic E-state index is 6.35. The molecule has 0 saturated carbocycles. The molecule has 26 heavy (non-hydrogen) atoms. The minimum atomic E-state index is -0.726. The summed E-state index contributed by atoms with van der Waals surface area (Å²) in [4.78, 5) is 0. The van der Waals surface area contributed by atoms with Crippen LogP contribution in [-0.4, -0.2) is 37.5 Å². The molecule has 0 spiro atoms. The molecule has 0 fully saturated rings.